The lowest BCUT2D eigenvalue weighted by Gasteiger charge is -2.24. The zero-order valence-electron chi connectivity index (χ0n) is 11.9. The van der Waals surface area contributed by atoms with E-state index in [2.05, 4.69) is 46.4 Å². The third-order valence-corrected chi connectivity index (χ3v) is 2.61. The Labute approximate surface area is 109 Å². The van der Waals surface area contributed by atoms with Crippen LogP contribution in [0.15, 0.2) is 0 Å². The molecule has 2 N–H and O–H groups in total. The average Bonchev–Trinajstić information content (AvgIpc) is 2.35. The fourth-order valence-corrected chi connectivity index (χ4v) is 1.17. The van der Waals surface area contributed by atoms with E-state index in [1.807, 2.05) is 6.92 Å². The third-order valence-electron chi connectivity index (χ3n) is 2.61. The quantitative estimate of drug-likeness (QED) is 0.777. The van der Waals surface area contributed by atoms with Gasteiger partial charge in [0.25, 0.3) is 0 Å². The van der Waals surface area contributed by atoms with Crippen molar-refractivity contribution in [1.82, 2.24) is 15.0 Å². The maximum atomic E-state index is 5.44. The van der Waals surface area contributed by atoms with Crippen LogP contribution in [0.25, 0.3) is 0 Å². The monoisotopic (exact) mass is 253 g/mol. The topological polar surface area (TPSA) is 72.0 Å². The second-order valence-electron chi connectivity index (χ2n) is 4.73. The van der Waals surface area contributed by atoms with Gasteiger partial charge in [-0.1, -0.05) is 13.8 Å². The number of nitrogens with one attached hydrogen (secondary N) is 2. The number of nitrogens with zero attached hydrogens (tertiary/aromatic N) is 3. The van der Waals surface area contributed by atoms with Gasteiger partial charge >= 0.3 is 6.01 Å². The SMILES string of the molecule is CCCOc1nc(NC)nc(NC(C)(C)CC)n1. The molecule has 18 heavy (non-hydrogen) atoms. The summed E-state index contributed by atoms with van der Waals surface area (Å²) in [4.78, 5) is 12.7. The Hall–Kier alpha value is -1.59. The predicted molar refractivity (Wildman–Crippen MR) is 73.2 cm³/mol. The molecule has 0 bridgehead atoms. The van der Waals surface area contributed by atoms with Crippen molar-refractivity contribution in [3.8, 4) is 6.01 Å². The van der Waals surface area contributed by atoms with Crippen molar-refractivity contribution in [2.45, 2.75) is 46.1 Å². The van der Waals surface area contributed by atoms with Gasteiger partial charge in [0, 0.05) is 12.6 Å². The fraction of sp³-hybridized carbons (Fsp3) is 0.750. The Morgan fingerprint density at radius 3 is 2.33 bits per heavy atom. The Balaban J connectivity index is 2.89. The van der Waals surface area contributed by atoms with Crippen molar-refractivity contribution in [2.75, 3.05) is 24.3 Å². The summed E-state index contributed by atoms with van der Waals surface area (Å²) in [5.41, 5.74) is -0.0611. The molecule has 0 atom stereocenters. The number of rotatable bonds is 7. The lowest BCUT2D eigenvalue weighted by atomic mass is 10.0. The lowest BCUT2D eigenvalue weighted by molar-refractivity contribution is 0.292. The minimum absolute atomic E-state index is 0.0611. The zero-order valence-corrected chi connectivity index (χ0v) is 11.9. The molecular weight excluding hydrogens is 230 g/mol. The Morgan fingerprint density at radius 1 is 1.11 bits per heavy atom. The standard InChI is InChI=1S/C12H23N5O/c1-6-8-18-11-15-9(13-5)14-10(16-11)17-12(3,4)7-2/h6-8H2,1-5H3,(H2,13,14,15,16,17). The van der Waals surface area contributed by atoms with Gasteiger partial charge in [0.05, 0.1) is 6.61 Å². The Bertz CT molecular complexity index is 381. The van der Waals surface area contributed by atoms with E-state index in [4.69, 9.17) is 4.74 Å². The molecule has 1 heterocycles. The fourth-order valence-electron chi connectivity index (χ4n) is 1.17. The van der Waals surface area contributed by atoms with Crippen molar-refractivity contribution >= 4 is 11.9 Å². The highest BCUT2D eigenvalue weighted by atomic mass is 16.5. The molecule has 0 aliphatic carbocycles. The summed E-state index contributed by atoms with van der Waals surface area (Å²) in [5, 5.41) is 6.18. The second kappa shape index (κ2) is 6.37. The molecule has 0 unspecified atom stereocenters. The van der Waals surface area contributed by atoms with Gasteiger partial charge in [-0.25, -0.2) is 0 Å². The molecule has 0 aromatic carbocycles. The number of anilines is 2. The number of hydrogen-bond acceptors (Lipinski definition) is 6. The smallest absolute Gasteiger partial charge is 0.323 e. The first-order chi connectivity index (χ1) is 8.50. The number of ether oxygens (including phenoxy) is 1. The highest BCUT2D eigenvalue weighted by Gasteiger charge is 2.17. The van der Waals surface area contributed by atoms with Crippen LogP contribution in [0.5, 0.6) is 6.01 Å². The van der Waals surface area contributed by atoms with Gasteiger partial charge in [0.15, 0.2) is 0 Å². The second-order valence-corrected chi connectivity index (χ2v) is 4.73. The van der Waals surface area contributed by atoms with Gasteiger partial charge in [-0.05, 0) is 26.7 Å². The van der Waals surface area contributed by atoms with Crippen molar-refractivity contribution in [3.63, 3.8) is 0 Å². The Morgan fingerprint density at radius 2 is 1.78 bits per heavy atom. The first-order valence-electron chi connectivity index (χ1n) is 6.35. The number of aromatic nitrogens is 3. The van der Waals surface area contributed by atoms with Gasteiger partial charge in [-0.2, -0.15) is 15.0 Å². The van der Waals surface area contributed by atoms with E-state index in [0.29, 0.717) is 24.5 Å². The van der Waals surface area contributed by atoms with E-state index in [1.165, 1.54) is 0 Å². The zero-order chi connectivity index (χ0) is 13.6. The maximum Gasteiger partial charge on any atom is 0.323 e. The van der Waals surface area contributed by atoms with Gasteiger partial charge in [0.2, 0.25) is 11.9 Å². The van der Waals surface area contributed by atoms with E-state index in [9.17, 15) is 0 Å². The highest BCUT2D eigenvalue weighted by molar-refractivity contribution is 5.37. The van der Waals surface area contributed by atoms with Crippen molar-refractivity contribution in [3.05, 3.63) is 0 Å². The van der Waals surface area contributed by atoms with Crippen LogP contribution in [0, 0.1) is 0 Å². The van der Waals surface area contributed by atoms with Crippen LogP contribution in [0.3, 0.4) is 0 Å². The van der Waals surface area contributed by atoms with Crippen molar-refractivity contribution in [1.29, 1.82) is 0 Å². The molecule has 0 aliphatic heterocycles. The van der Waals surface area contributed by atoms with Crippen LogP contribution in [-0.2, 0) is 0 Å². The minimum Gasteiger partial charge on any atom is -0.463 e. The van der Waals surface area contributed by atoms with E-state index in [0.717, 1.165) is 12.8 Å². The number of hydrogen-bond donors (Lipinski definition) is 2. The molecule has 1 rings (SSSR count). The highest BCUT2D eigenvalue weighted by Crippen LogP contribution is 2.17. The van der Waals surface area contributed by atoms with E-state index >= 15 is 0 Å². The normalized spacial score (nSPS) is 11.2. The molecule has 6 nitrogen and oxygen atoms in total. The molecule has 0 fully saturated rings. The van der Waals surface area contributed by atoms with Gasteiger partial charge < -0.3 is 15.4 Å². The summed E-state index contributed by atoms with van der Waals surface area (Å²) in [6.45, 7) is 8.95. The van der Waals surface area contributed by atoms with Crippen LogP contribution < -0.4 is 15.4 Å². The van der Waals surface area contributed by atoms with Crippen molar-refractivity contribution < 1.29 is 4.74 Å². The summed E-state index contributed by atoms with van der Waals surface area (Å²) in [5.74, 6) is 1.04. The molecule has 1 aromatic heterocycles. The first kappa shape index (κ1) is 14.5. The molecule has 102 valence electrons. The average molecular weight is 253 g/mol. The lowest BCUT2D eigenvalue weighted by Crippen LogP contribution is -2.31. The van der Waals surface area contributed by atoms with Crippen LogP contribution in [0.4, 0.5) is 11.9 Å². The molecule has 0 saturated heterocycles. The molecule has 0 spiro atoms. The van der Waals surface area contributed by atoms with Gasteiger partial charge in [-0.15, -0.1) is 0 Å². The van der Waals surface area contributed by atoms with E-state index in [1.54, 1.807) is 7.05 Å². The van der Waals surface area contributed by atoms with Gasteiger partial charge in [-0.3, -0.25) is 0 Å². The van der Waals surface area contributed by atoms with Crippen LogP contribution in [-0.4, -0.2) is 34.1 Å². The summed E-state index contributed by atoms with van der Waals surface area (Å²) in [6, 6.07) is 0.352. The minimum atomic E-state index is -0.0611. The molecule has 0 aliphatic rings. The summed E-state index contributed by atoms with van der Waals surface area (Å²) in [7, 11) is 1.77. The van der Waals surface area contributed by atoms with Crippen LogP contribution in [0.2, 0.25) is 0 Å². The molecule has 1 aromatic rings. The van der Waals surface area contributed by atoms with Crippen LogP contribution >= 0.6 is 0 Å². The molecule has 0 amide bonds. The summed E-state index contributed by atoms with van der Waals surface area (Å²) in [6.07, 6.45) is 1.89. The maximum absolute atomic E-state index is 5.44. The van der Waals surface area contributed by atoms with E-state index < -0.39 is 0 Å². The molecule has 6 heteroatoms. The van der Waals surface area contributed by atoms with E-state index in [-0.39, 0.29) is 5.54 Å². The molecule has 0 saturated carbocycles. The molecular formula is C12H23N5O. The first-order valence-corrected chi connectivity index (χ1v) is 6.35. The van der Waals surface area contributed by atoms with Crippen molar-refractivity contribution in [2.24, 2.45) is 0 Å². The Kier molecular flexibility index (Phi) is 5.12. The molecule has 0 radical (unpaired) electrons. The predicted octanol–water partition coefficient (Wildman–Crippen LogP) is 2.30. The summed E-state index contributed by atoms with van der Waals surface area (Å²) < 4.78 is 5.44. The van der Waals surface area contributed by atoms with Gasteiger partial charge in [0.1, 0.15) is 0 Å². The largest absolute Gasteiger partial charge is 0.463 e. The third kappa shape index (κ3) is 4.35. The summed E-state index contributed by atoms with van der Waals surface area (Å²) >= 11 is 0. The van der Waals surface area contributed by atoms with Crippen LogP contribution in [0.1, 0.15) is 40.5 Å².